The van der Waals surface area contributed by atoms with Crippen LogP contribution in [0.25, 0.3) is 0 Å². The zero-order valence-electron chi connectivity index (χ0n) is 9.45. The summed E-state index contributed by atoms with van der Waals surface area (Å²) in [5.41, 5.74) is 0.781. The Kier molecular flexibility index (Phi) is 6.30. The maximum absolute atomic E-state index is 11.7. The standard InChI is InChI=1S/C13H18O2/c1-6-9-10(4)13(14)11(5)12(7-2)15-8-3/h6-7,9,12H,2,4-5,8H2,1,3H3/b9-6-. The summed E-state index contributed by atoms with van der Waals surface area (Å²) in [6, 6.07) is 0. The van der Waals surface area contributed by atoms with Crippen molar-refractivity contribution >= 4 is 5.78 Å². The largest absolute Gasteiger partial charge is 0.370 e. The third kappa shape index (κ3) is 4.09. The Bertz CT molecular complexity index is 298. The van der Waals surface area contributed by atoms with Gasteiger partial charge in [0.1, 0.15) is 6.10 Å². The van der Waals surface area contributed by atoms with E-state index in [9.17, 15) is 4.79 Å². The second-order valence-corrected chi connectivity index (χ2v) is 2.99. The number of ketones is 1. The van der Waals surface area contributed by atoms with Crippen molar-refractivity contribution in [3.63, 3.8) is 0 Å². The van der Waals surface area contributed by atoms with Crippen LogP contribution in [0, 0.1) is 0 Å². The fourth-order valence-electron chi connectivity index (χ4n) is 1.10. The molecule has 0 fully saturated rings. The predicted octanol–water partition coefficient (Wildman–Crippen LogP) is 2.84. The Balaban J connectivity index is 4.61. The van der Waals surface area contributed by atoms with Gasteiger partial charge in [0.2, 0.25) is 0 Å². The van der Waals surface area contributed by atoms with Crippen molar-refractivity contribution in [2.45, 2.75) is 20.0 Å². The zero-order chi connectivity index (χ0) is 11.8. The van der Waals surface area contributed by atoms with Crippen molar-refractivity contribution in [1.82, 2.24) is 0 Å². The third-order valence-electron chi connectivity index (χ3n) is 1.85. The van der Waals surface area contributed by atoms with Gasteiger partial charge in [0.25, 0.3) is 0 Å². The van der Waals surface area contributed by atoms with Crippen LogP contribution in [0.3, 0.4) is 0 Å². The Morgan fingerprint density at radius 1 is 1.47 bits per heavy atom. The smallest absolute Gasteiger partial charge is 0.190 e. The Hall–Kier alpha value is -1.41. The number of carbonyl (C=O) groups excluding carboxylic acids is 1. The Morgan fingerprint density at radius 2 is 2.07 bits per heavy atom. The van der Waals surface area contributed by atoms with Crippen LogP contribution >= 0.6 is 0 Å². The second kappa shape index (κ2) is 6.96. The van der Waals surface area contributed by atoms with Crippen molar-refractivity contribution < 1.29 is 9.53 Å². The molecule has 82 valence electrons. The molecule has 0 saturated carbocycles. The first-order valence-corrected chi connectivity index (χ1v) is 4.87. The van der Waals surface area contributed by atoms with Crippen LogP contribution in [0.4, 0.5) is 0 Å². The number of hydrogen-bond donors (Lipinski definition) is 0. The molecule has 0 heterocycles. The van der Waals surface area contributed by atoms with Crippen LogP contribution in [0.5, 0.6) is 0 Å². The molecule has 0 aromatic heterocycles. The monoisotopic (exact) mass is 206 g/mol. The van der Waals surface area contributed by atoms with E-state index >= 15 is 0 Å². The van der Waals surface area contributed by atoms with Crippen molar-refractivity contribution in [3.05, 3.63) is 49.1 Å². The molecule has 0 spiro atoms. The molecule has 0 aliphatic heterocycles. The maximum atomic E-state index is 11.7. The molecule has 0 bridgehead atoms. The van der Waals surface area contributed by atoms with Gasteiger partial charge in [0.05, 0.1) is 0 Å². The minimum atomic E-state index is -0.426. The molecule has 0 aliphatic rings. The van der Waals surface area contributed by atoms with E-state index in [4.69, 9.17) is 4.74 Å². The van der Waals surface area contributed by atoms with Crippen LogP contribution in [0.1, 0.15) is 13.8 Å². The quantitative estimate of drug-likeness (QED) is 0.364. The third-order valence-corrected chi connectivity index (χ3v) is 1.85. The summed E-state index contributed by atoms with van der Waals surface area (Å²) in [6.07, 6.45) is 4.55. The van der Waals surface area contributed by atoms with E-state index in [0.29, 0.717) is 17.8 Å². The lowest BCUT2D eigenvalue weighted by Crippen LogP contribution is -2.19. The summed E-state index contributed by atoms with van der Waals surface area (Å²) in [6.45, 7) is 15.2. The van der Waals surface area contributed by atoms with Crippen LogP contribution < -0.4 is 0 Å². The minimum absolute atomic E-state index is 0.188. The summed E-state index contributed by atoms with van der Waals surface area (Å²) >= 11 is 0. The normalized spacial score (nSPS) is 12.4. The highest BCUT2D eigenvalue weighted by Crippen LogP contribution is 2.12. The van der Waals surface area contributed by atoms with E-state index in [2.05, 4.69) is 19.7 Å². The van der Waals surface area contributed by atoms with Gasteiger partial charge in [-0.3, -0.25) is 4.79 Å². The SMILES string of the molecule is C=CC(OCC)C(=C)C(=O)C(=C)/C=C\C. The van der Waals surface area contributed by atoms with E-state index in [-0.39, 0.29) is 5.78 Å². The van der Waals surface area contributed by atoms with Gasteiger partial charge >= 0.3 is 0 Å². The first-order valence-electron chi connectivity index (χ1n) is 4.87. The fraction of sp³-hybridized carbons (Fsp3) is 0.308. The highest BCUT2D eigenvalue weighted by atomic mass is 16.5. The highest BCUT2D eigenvalue weighted by Gasteiger charge is 2.17. The lowest BCUT2D eigenvalue weighted by Gasteiger charge is -2.14. The number of rotatable bonds is 7. The van der Waals surface area contributed by atoms with Gasteiger partial charge in [-0.05, 0) is 13.8 Å². The molecule has 1 unspecified atom stereocenters. The zero-order valence-corrected chi connectivity index (χ0v) is 9.45. The van der Waals surface area contributed by atoms with Crippen LogP contribution in [-0.2, 0) is 9.53 Å². The number of Topliss-reactive ketones (excluding diaryl/α,β-unsaturated/α-hetero) is 1. The molecular weight excluding hydrogens is 188 g/mol. The maximum Gasteiger partial charge on any atom is 0.190 e. The summed E-state index contributed by atoms with van der Waals surface area (Å²) in [7, 11) is 0. The van der Waals surface area contributed by atoms with Crippen molar-refractivity contribution in [2.75, 3.05) is 6.61 Å². The molecule has 1 atom stereocenters. The van der Waals surface area contributed by atoms with Crippen molar-refractivity contribution in [3.8, 4) is 0 Å². The average Bonchev–Trinajstić information content (AvgIpc) is 2.24. The molecular formula is C13H18O2. The van der Waals surface area contributed by atoms with Crippen LogP contribution in [0.15, 0.2) is 49.1 Å². The van der Waals surface area contributed by atoms with Gasteiger partial charge in [-0.1, -0.05) is 31.4 Å². The first-order chi connectivity index (χ1) is 7.08. The molecule has 2 nitrogen and oxygen atoms in total. The highest BCUT2D eigenvalue weighted by molar-refractivity contribution is 6.10. The molecule has 0 aromatic carbocycles. The van der Waals surface area contributed by atoms with E-state index < -0.39 is 6.10 Å². The molecule has 0 rings (SSSR count). The Labute approximate surface area is 91.6 Å². The van der Waals surface area contributed by atoms with Crippen LogP contribution in [0.2, 0.25) is 0 Å². The summed E-state index contributed by atoms with van der Waals surface area (Å²) in [4.78, 5) is 11.7. The molecule has 0 radical (unpaired) electrons. The number of carbonyl (C=O) groups is 1. The molecule has 0 N–H and O–H groups in total. The van der Waals surface area contributed by atoms with Gasteiger partial charge in [-0.25, -0.2) is 0 Å². The van der Waals surface area contributed by atoms with Gasteiger partial charge < -0.3 is 4.74 Å². The predicted molar refractivity (Wildman–Crippen MR) is 63.7 cm³/mol. The molecule has 15 heavy (non-hydrogen) atoms. The summed E-state index contributed by atoms with van der Waals surface area (Å²) in [5, 5.41) is 0. The molecule has 0 aromatic rings. The lowest BCUT2D eigenvalue weighted by molar-refractivity contribution is -0.112. The topological polar surface area (TPSA) is 26.3 Å². The van der Waals surface area contributed by atoms with E-state index in [0.717, 1.165) is 0 Å². The number of hydrogen-bond acceptors (Lipinski definition) is 2. The summed E-state index contributed by atoms with van der Waals surface area (Å²) < 4.78 is 5.30. The first kappa shape index (κ1) is 13.6. The second-order valence-electron chi connectivity index (χ2n) is 2.99. The van der Waals surface area contributed by atoms with Gasteiger partial charge in [-0.2, -0.15) is 0 Å². The average molecular weight is 206 g/mol. The van der Waals surface area contributed by atoms with E-state index in [1.54, 1.807) is 18.2 Å². The molecule has 0 amide bonds. The van der Waals surface area contributed by atoms with Crippen molar-refractivity contribution in [2.24, 2.45) is 0 Å². The van der Waals surface area contributed by atoms with Gasteiger partial charge in [0, 0.05) is 17.8 Å². The lowest BCUT2D eigenvalue weighted by atomic mass is 10.0. The fourth-order valence-corrected chi connectivity index (χ4v) is 1.10. The molecule has 2 heteroatoms. The van der Waals surface area contributed by atoms with E-state index in [1.807, 2.05) is 13.8 Å². The van der Waals surface area contributed by atoms with E-state index in [1.165, 1.54) is 0 Å². The number of ether oxygens (including phenoxy) is 1. The summed E-state index contributed by atoms with van der Waals surface area (Å²) in [5.74, 6) is -0.188. The number of allylic oxidation sites excluding steroid dienone is 3. The molecule has 0 aliphatic carbocycles. The minimum Gasteiger partial charge on any atom is -0.370 e. The Morgan fingerprint density at radius 3 is 2.47 bits per heavy atom. The van der Waals surface area contributed by atoms with Crippen molar-refractivity contribution in [1.29, 1.82) is 0 Å². The van der Waals surface area contributed by atoms with Crippen LogP contribution in [-0.4, -0.2) is 18.5 Å². The van der Waals surface area contributed by atoms with Gasteiger partial charge in [-0.15, -0.1) is 6.58 Å². The molecule has 0 saturated heterocycles. The van der Waals surface area contributed by atoms with Gasteiger partial charge in [0.15, 0.2) is 5.78 Å².